The van der Waals surface area contributed by atoms with E-state index in [0.29, 0.717) is 0 Å². The molecule has 1 aliphatic rings. The highest BCUT2D eigenvalue weighted by atomic mass is 16.3. The fraction of sp³-hybridized carbons (Fsp3) is 1.00. The number of aliphatic hydroxyl groups excluding tert-OH is 1. The van der Waals surface area contributed by atoms with Crippen molar-refractivity contribution in [3.05, 3.63) is 0 Å². The lowest BCUT2D eigenvalue weighted by Gasteiger charge is -2.42. The van der Waals surface area contributed by atoms with Crippen LogP contribution in [0.25, 0.3) is 0 Å². The second-order valence-corrected chi connectivity index (χ2v) is 3.75. The number of nitrogens with two attached hydrogens (primary N) is 1. The Morgan fingerprint density at radius 3 is 2.67 bits per heavy atom. The predicted molar refractivity (Wildman–Crippen MR) is 49.9 cm³/mol. The Balaban J connectivity index is 2.53. The topological polar surface area (TPSA) is 49.5 Å². The molecule has 3 nitrogen and oxygen atoms in total. The Morgan fingerprint density at radius 1 is 1.58 bits per heavy atom. The first kappa shape index (κ1) is 9.96. The van der Waals surface area contributed by atoms with Gasteiger partial charge in [0.25, 0.3) is 0 Å². The molecule has 1 heterocycles. The van der Waals surface area contributed by atoms with E-state index in [1.54, 1.807) is 0 Å². The van der Waals surface area contributed by atoms with Gasteiger partial charge in [-0.25, -0.2) is 0 Å². The lowest BCUT2D eigenvalue weighted by molar-refractivity contribution is 0.00392. The molecule has 1 saturated heterocycles. The standard InChI is InChI=1S/C9H20N2O/c1-3-9(10)5-6-11(4-2)7-8(9)12/h8,12H,3-7,10H2,1-2H3. The zero-order chi connectivity index (χ0) is 9.19. The van der Waals surface area contributed by atoms with E-state index in [4.69, 9.17) is 5.73 Å². The van der Waals surface area contributed by atoms with E-state index in [2.05, 4.69) is 11.8 Å². The molecule has 72 valence electrons. The maximum absolute atomic E-state index is 9.76. The molecule has 2 unspecified atom stereocenters. The van der Waals surface area contributed by atoms with Crippen molar-refractivity contribution in [2.75, 3.05) is 19.6 Å². The maximum Gasteiger partial charge on any atom is 0.0846 e. The molecule has 1 aliphatic heterocycles. The molecule has 3 heteroatoms. The monoisotopic (exact) mass is 172 g/mol. The number of hydrogen-bond acceptors (Lipinski definition) is 3. The third-order valence-electron chi connectivity index (χ3n) is 3.09. The Bertz CT molecular complexity index is 151. The highest BCUT2D eigenvalue weighted by Gasteiger charge is 2.36. The molecule has 0 amide bonds. The van der Waals surface area contributed by atoms with Crippen LogP contribution in [0.4, 0.5) is 0 Å². The highest BCUT2D eigenvalue weighted by molar-refractivity contribution is 4.96. The van der Waals surface area contributed by atoms with Crippen LogP contribution >= 0.6 is 0 Å². The van der Waals surface area contributed by atoms with Crippen LogP contribution in [0.5, 0.6) is 0 Å². The summed E-state index contributed by atoms with van der Waals surface area (Å²) in [6.45, 7) is 6.93. The largest absolute Gasteiger partial charge is 0.390 e. The number of β-amino-alcohol motifs (C(OH)–C–C–N with tert-alkyl or cyclic N) is 1. The molecule has 0 radical (unpaired) electrons. The third-order valence-corrected chi connectivity index (χ3v) is 3.09. The lowest BCUT2D eigenvalue weighted by atomic mass is 9.83. The van der Waals surface area contributed by atoms with Gasteiger partial charge in [-0.05, 0) is 19.4 Å². The number of rotatable bonds is 2. The quantitative estimate of drug-likeness (QED) is 0.625. The molecule has 3 N–H and O–H groups in total. The summed E-state index contributed by atoms with van der Waals surface area (Å²) in [5.74, 6) is 0. The summed E-state index contributed by atoms with van der Waals surface area (Å²) < 4.78 is 0. The van der Waals surface area contributed by atoms with Crippen LogP contribution in [0.15, 0.2) is 0 Å². The zero-order valence-electron chi connectivity index (χ0n) is 8.08. The Hall–Kier alpha value is -0.120. The fourth-order valence-corrected chi connectivity index (χ4v) is 1.75. The van der Waals surface area contributed by atoms with Gasteiger partial charge in [0.1, 0.15) is 0 Å². The molecule has 2 atom stereocenters. The first-order chi connectivity index (χ1) is 5.62. The average Bonchev–Trinajstić information content (AvgIpc) is 2.10. The lowest BCUT2D eigenvalue weighted by Crippen LogP contribution is -2.60. The smallest absolute Gasteiger partial charge is 0.0846 e. The molecule has 0 aromatic rings. The summed E-state index contributed by atoms with van der Waals surface area (Å²) in [5, 5.41) is 9.76. The van der Waals surface area contributed by atoms with Gasteiger partial charge < -0.3 is 15.7 Å². The van der Waals surface area contributed by atoms with Gasteiger partial charge in [-0.3, -0.25) is 0 Å². The number of nitrogens with zero attached hydrogens (tertiary/aromatic N) is 1. The molecule has 0 bridgehead atoms. The van der Waals surface area contributed by atoms with E-state index in [9.17, 15) is 5.11 Å². The van der Waals surface area contributed by atoms with E-state index >= 15 is 0 Å². The van der Waals surface area contributed by atoms with Crippen LogP contribution in [0.1, 0.15) is 26.7 Å². The van der Waals surface area contributed by atoms with Gasteiger partial charge in [-0.2, -0.15) is 0 Å². The Morgan fingerprint density at radius 2 is 2.25 bits per heavy atom. The van der Waals surface area contributed by atoms with Gasteiger partial charge in [0.05, 0.1) is 6.10 Å². The highest BCUT2D eigenvalue weighted by Crippen LogP contribution is 2.22. The van der Waals surface area contributed by atoms with Gasteiger partial charge in [0, 0.05) is 18.6 Å². The van der Waals surface area contributed by atoms with Gasteiger partial charge in [0.15, 0.2) is 0 Å². The van der Waals surface area contributed by atoms with Gasteiger partial charge >= 0.3 is 0 Å². The number of aliphatic hydroxyl groups is 1. The van der Waals surface area contributed by atoms with Crippen molar-refractivity contribution in [1.29, 1.82) is 0 Å². The maximum atomic E-state index is 9.76. The van der Waals surface area contributed by atoms with Crippen molar-refractivity contribution < 1.29 is 5.11 Å². The summed E-state index contributed by atoms with van der Waals surface area (Å²) in [6, 6.07) is 0. The van der Waals surface area contributed by atoms with Gasteiger partial charge in [-0.15, -0.1) is 0 Å². The van der Waals surface area contributed by atoms with Gasteiger partial charge in [-0.1, -0.05) is 13.8 Å². The number of hydrogen-bond donors (Lipinski definition) is 2. The molecule has 0 aromatic carbocycles. The first-order valence-electron chi connectivity index (χ1n) is 4.81. The molecule has 0 aromatic heterocycles. The summed E-state index contributed by atoms with van der Waals surface area (Å²) in [4.78, 5) is 2.24. The normalized spacial score (nSPS) is 38.5. The van der Waals surface area contributed by atoms with Gasteiger partial charge in [0.2, 0.25) is 0 Å². The van der Waals surface area contributed by atoms with Crippen molar-refractivity contribution in [2.45, 2.75) is 38.3 Å². The van der Waals surface area contributed by atoms with Crippen molar-refractivity contribution in [3.8, 4) is 0 Å². The Kier molecular flexibility index (Phi) is 3.09. The van der Waals surface area contributed by atoms with E-state index in [1.165, 1.54) is 0 Å². The van der Waals surface area contributed by atoms with Crippen LogP contribution in [-0.2, 0) is 0 Å². The van der Waals surface area contributed by atoms with Crippen molar-refractivity contribution in [1.82, 2.24) is 4.90 Å². The minimum Gasteiger partial charge on any atom is -0.390 e. The minimum atomic E-state index is -0.351. The summed E-state index contributed by atoms with van der Waals surface area (Å²) in [6.07, 6.45) is 1.43. The van der Waals surface area contributed by atoms with Crippen molar-refractivity contribution in [2.24, 2.45) is 5.73 Å². The second kappa shape index (κ2) is 3.73. The fourth-order valence-electron chi connectivity index (χ4n) is 1.75. The van der Waals surface area contributed by atoms with E-state index < -0.39 is 0 Å². The van der Waals surface area contributed by atoms with Crippen molar-refractivity contribution in [3.63, 3.8) is 0 Å². The molecule has 0 spiro atoms. The van der Waals surface area contributed by atoms with E-state index in [-0.39, 0.29) is 11.6 Å². The molecular weight excluding hydrogens is 152 g/mol. The third kappa shape index (κ3) is 1.79. The van der Waals surface area contributed by atoms with Crippen LogP contribution in [0, 0.1) is 0 Å². The summed E-state index contributed by atoms with van der Waals surface area (Å²) >= 11 is 0. The van der Waals surface area contributed by atoms with Crippen LogP contribution in [0.2, 0.25) is 0 Å². The minimum absolute atomic E-state index is 0.328. The molecular formula is C9H20N2O. The summed E-state index contributed by atoms with van der Waals surface area (Å²) in [5.41, 5.74) is 5.71. The first-order valence-corrected chi connectivity index (χ1v) is 4.81. The predicted octanol–water partition coefficient (Wildman–Crippen LogP) is 0.180. The van der Waals surface area contributed by atoms with Crippen LogP contribution in [-0.4, -0.2) is 41.3 Å². The second-order valence-electron chi connectivity index (χ2n) is 3.75. The van der Waals surface area contributed by atoms with E-state index in [0.717, 1.165) is 32.5 Å². The van der Waals surface area contributed by atoms with Crippen LogP contribution < -0.4 is 5.73 Å². The molecule has 1 rings (SSSR count). The Labute approximate surface area is 74.5 Å². The van der Waals surface area contributed by atoms with Crippen LogP contribution in [0.3, 0.4) is 0 Å². The molecule has 0 aliphatic carbocycles. The zero-order valence-corrected chi connectivity index (χ0v) is 8.08. The number of likely N-dealkylation sites (tertiary alicyclic amines) is 1. The van der Waals surface area contributed by atoms with E-state index in [1.807, 2.05) is 6.92 Å². The molecule has 1 fully saturated rings. The average molecular weight is 172 g/mol. The SMILES string of the molecule is CCN1CCC(N)(CC)C(O)C1. The molecule has 0 saturated carbocycles. The molecule has 12 heavy (non-hydrogen) atoms. The summed E-state index contributed by atoms with van der Waals surface area (Å²) in [7, 11) is 0. The van der Waals surface area contributed by atoms with Crippen molar-refractivity contribution >= 4 is 0 Å². The number of piperidine rings is 1. The number of likely N-dealkylation sites (N-methyl/N-ethyl adjacent to an activating group) is 1.